The number of aryl methyl sites for hydroxylation is 1. The lowest BCUT2D eigenvalue weighted by Gasteiger charge is -2.18. The zero-order valence-electron chi connectivity index (χ0n) is 12.2. The Morgan fingerprint density at radius 2 is 2.38 bits per heavy atom. The van der Waals surface area contributed by atoms with Gasteiger partial charge < -0.3 is 25.0 Å². The van der Waals surface area contributed by atoms with Crippen molar-refractivity contribution in [1.29, 1.82) is 0 Å². The van der Waals surface area contributed by atoms with Crippen molar-refractivity contribution in [2.45, 2.75) is 37.6 Å². The molecular weight excluding hydrogens is 272 g/mol. The lowest BCUT2D eigenvalue weighted by Crippen LogP contribution is -2.45. The van der Waals surface area contributed by atoms with Gasteiger partial charge in [0.15, 0.2) is 0 Å². The van der Waals surface area contributed by atoms with Gasteiger partial charge in [0.2, 0.25) is 5.91 Å². The molecule has 1 saturated carbocycles. The van der Waals surface area contributed by atoms with Crippen LogP contribution in [0.2, 0.25) is 0 Å². The first kappa shape index (κ1) is 14.5. The number of aliphatic hydroxyl groups is 1. The molecule has 21 heavy (non-hydrogen) atoms. The minimum Gasteiger partial charge on any atom is -0.389 e. The molecule has 7 nitrogen and oxygen atoms in total. The first-order valence-corrected chi connectivity index (χ1v) is 7.42. The van der Waals surface area contributed by atoms with Crippen LogP contribution in [0.3, 0.4) is 0 Å². The van der Waals surface area contributed by atoms with Gasteiger partial charge in [-0.2, -0.15) is 0 Å². The van der Waals surface area contributed by atoms with Gasteiger partial charge in [-0.3, -0.25) is 4.79 Å². The molecule has 1 saturated heterocycles. The lowest BCUT2D eigenvalue weighted by atomic mass is 10.1. The van der Waals surface area contributed by atoms with Crippen molar-refractivity contribution in [2.75, 3.05) is 13.2 Å². The fourth-order valence-corrected chi connectivity index (χ4v) is 2.52. The van der Waals surface area contributed by atoms with Gasteiger partial charge in [-0.25, -0.2) is 4.98 Å². The van der Waals surface area contributed by atoms with Crippen LogP contribution in [-0.4, -0.2) is 52.0 Å². The zero-order valence-corrected chi connectivity index (χ0v) is 12.2. The molecule has 0 spiro atoms. The number of carbonyl (C=O) groups is 1. The maximum absolute atomic E-state index is 11.6. The molecule has 1 aromatic rings. The summed E-state index contributed by atoms with van der Waals surface area (Å²) in [5, 5.41) is 16.4. The van der Waals surface area contributed by atoms with E-state index in [2.05, 4.69) is 15.6 Å². The molecule has 7 heteroatoms. The minimum atomic E-state index is -0.621. The predicted octanol–water partition coefficient (Wildman–Crippen LogP) is -0.836. The molecule has 1 aromatic heterocycles. The second kappa shape index (κ2) is 6.13. The van der Waals surface area contributed by atoms with Crippen molar-refractivity contribution in [1.82, 2.24) is 20.2 Å². The normalized spacial score (nSPS) is 28.8. The molecule has 0 aromatic carbocycles. The van der Waals surface area contributed by atoms with E-state index < -0.39 is 6.10 Å². The maximum Gasteiger partial charge on any atom is 0.223 e. The van der Waals surface area contributed by atoms with Crippen LogP contribution in [-0.2, 0) is 23.1 Å². The van der Waals surface area contributed by atoms with Crippen molar-refractivity contribution in [3.8, 4) is 0 Å². The maximum atomic E-state index is 11.6. The molecule has 0 radical (unpaired) electrons. The molecule has 0 unspecified atom stereocenters. The lowest BCUT2D eigenvalue weighted by molar-refractivity contribution is -0.123. The largest absolute Gasteiger partial charge is 0.389 e. The van der Waals surface area contributed by atoms with E-state index in [1.165, 1.54) is 0 Å². The van der Waals surface area contributed by atoms with Crippen LogP contribution in [0.25, 0.3) is 0 Å². The number of hydrogen-bond donors (Lipinski definition) is 3. The van der Waals surface area contributed by atoms with Crippen LogP contribution in [0.15, 0.2) is 12.4 Å². The van der Waals surface area contributed by atoms with Gasteiger partial charge in [-0.15, -0.1) is 0 Å². The smallest absolute Gasteiger partial charge is 0.223 e. The molecule has 2 aliphatic rings. The fourth-order valence-electron chi connectivity index (χ4n) is 2.52. The Labute approximate surface area is 123 Å². The summed E-state index contributed by atoms with van der Waals surface area (Å²) in [4.78, 5) is 15.8. The van der Waals surface area contributed by atoms with Gasteiger partial charge in [0.1, 0.15) is 11.9 Å². The first-order valence-electron chi connectivity index (χ1n) is 7.42. The van der Waals surface area contributed by atoms with Gasteiger partial charge in [0.05, 0.1) is 25.3 Å². The number of hydrogen-bond acceptors (Lipinski definition) is 5. The Hall–Kier alpha value is -1.44. The number of amides is 1. The molecular formula is C14H22N4O3. The quantitative estimate of drug-likeness (QED) is 0.637. The summed E-state index contributed by atoms with van der Waals surface area (Å²) in [6.45, 7) is 1.39. The molecule has 3 N–H and O–H groups in total. The van der Waals surface area contributed by atoms with Gasteiger partial charge in [0, 0.05) is 31.9 Å². The Morgan fingerprint density at radius 1 is 1.57 bits per heavy atom. The van der Waals surface area contributed by atoms with E-state index in [4.69, 9.17) is 4.74 Å². The Morgan fingerprint density at radius 3 is 3.05 bits per heavy atom. The molecule has 3 atom stereocenters. The summed E-state index contributed by atoms with van der Waals surface area (Å²) < 4.78 is 7.51. The summed E-state index contributed by atoms with van der Waals surface area (Å²) >= 11 is 0. The van der Waals surface area contributed by atoms with Crippen LogP contribution in [0.4, 0.5) is 0 Å². The van der Waals surface area contributed by atoms with Crippen LogP contribution >= 0.6 is 0 Å². The van der Waals surface area contributed by atoms with E-state index >= 15 is 0 Å². The van der Waals surface area contributed by atoms with Crippen molar-refractivity contribution < 1.29 is 14.6 Å². The number of aliphatic hydroxyl groups excluding tert-OH is 1. The highest BCUT2D eigenvalue weighted by molar-refractivity contribution is 5.80. The second-order valence-electron chi connectivity index (χ2n) is 5.82. The van der Waals surface area contributed by atoms with Crippen LogP contribution < -0.4 is 10.6 Å². The number of nitrogens with one attached hydrogen (secondary N) is 2. The van der Waals surface area contributed by atoms with Crippen LogP contribution in [0.1, 0.15) is 18.7 Å². The van der Waals surface area contributed by atoms with E-state index in [1.807, 2.05) is 17.8 Å². The summed E-state index contributed by atoms with van der Waals surface area (Å²) in [5.74, 6) is 1.17. The zero-order chi connectivity index (χ0) is 14.8. The highest BCUT2D eigenvalue weighted by atomic mass is 16.5. The number of aromatic nitrogens is 2. The SMILES string of the molecule is Cn1ccnc1CN[C@@H]1CO[C@H](CNC(=O)C2CC2)[C@H]1O. The Kier molecular flexibility index (Phi) is 4.23. The number of rotatable bonds is 6. The second-order valence-corrected chi connectivity index (χ2v) is 5.82. The molecule has 3 rings (SSSR count). The fraction of sp³-hybridized carbons (Fsp3) is 0.714. The molecule has 1 amide bonds. The number of carbonyl (C=O) groups excluding carboxylic acids is 1. The van der Waals surface area contributed by atoms with Crippen molar-refractivity contribution in [3.05, 3.63) is 18.2 Å². The molecule has 1 aliphatic carbocycles. The van der Waals surface area contributed by atoms with Gasteiger partial charge in [0.25, 0.3) is 0 Å². The average Bonchev–Trinajstić information content (AvgIpc) is 3.16. The molecule has 1 aliphatic heterocycles. The van der Waals surface area contributed by atoms with Crippen LogP contribution in [0, 0.1) is 5.92 Å². The van der Waals surface area contributed by atoms with Gasteiger partial charge >= 0.3 is 0 Å². The standard InChI is InChI=1S/C14H22N4O3/c1-18-5-4-15-12(18)7-16-10-8-21-11(13(10)19)6-17-14(20)9-2-3-9/h4-5,9-11,13,16,19H,2-3,6-8H2,1H3,(H,17,20)/t10-,11-,13+/m1/s1. The third kappa shape index (κ3) is 3.42. The predicted molar refractivity (Wildman–Crippen MR) is 75.3 cm³/mol. The summed E-state index contributed by atoms with van der Waals surface area (Å²) in [6, 6.07) is -0.135. The molecule has 2 fully saturated rings. The number of ether oxygens (including phenoxy) is 1. The minimum absolute atomic E-state index is 0.0789. The third-order valence-electron chi connectivity index (χ3n) is 4.15. The van der Waals surface area contributed by atoms with E-state index in [0.717, 1.165) is 18.7 Å². The molecule has 116 valence electrons. The average molecular weight is 294 g/mol. The summed E-state index contributed by atoms with van der Waals surface area (Å²) in [6.07, 6.45) is 4.63. The number of imidazole rings is 1. The Balaban J connectivity index is 1.43. The molecule has 2 heterocycles. The summed E-state index contributed by atoms with van der Waals surface area (Å²) in [7, 11) is 1.93. The van der Waals surface area contributed by atoms with E-state index in [1.54, 1.807) is 6.20 Å². The highest BCUT2D eigenvalue weighted by Gasteiger charge is 2.37. The van der Waals surface area contributed by atoms with Crippen molar-refractivity contribution in [3.63, 3.8) is 0 Å². The Bertz CT molecular complexity index is 500. The topological polar surface area (TPSA) is 88.4 Å². The first-order chi connectivity index (χ1) is 10.1. The van der Waals surface area contributed by atoms with E-state index in [-0.39, 0.29) is 24.0 Å². The third-order valence-corrected chi connectivity index (χ3v) is 4.15. The van der Waals surface area contributed by atoms with Crippen molar-refractivity contribution >= 4 is 5.91 Å². The van der Waals surface area contributed by atoms with Gasteiger partial charge in [-0.05, 0) is 12.8 Å². The van der Waals surface area contributed by atoms with Crippen LogP contribution in [0.5, 0.6) is 0 Å². The van der Waals surface area contributed by atoms with Gasteiger partial charge in [-0.1, -0.05) is 0 Å². The van der Waals surface area contributed by atoms with E-state index in [0.29, 0.717) is 19.7 Å². The molecule has 0 bridgehead atoms. The van der Waals surface area contributed by atoms with Crippen molar-refractivity contribution in [2.24, 2.45) is 13.0 Å². The van der Waals surface area contributed by atoms with E-state index in [9.17, 15) is 9.90 Å². The monoisotopic (exact) mass is 294 g/mol. The summed E-state index contributed by atoms with van der Waals surface area (Å²) in [5.41, 5.74) is 0. The highest BCUT2D eigenvalue weighted by Crippen LogP contribution is 2.28. The number of nitrogens with zero attached hydrogens (tertiary/aromatic N) is 2.